The predicted molar refractivity (Wildman–Crippen MR) is 93.3 cm³/mol. The van der Waals surface area contributed by atoms with E-state index in [0.29, 0.717) is 26.4 Å². The molecule has 3 aliphatic rings. The van der Waals surface area contributed by atoms with Crippen LogP contribution in [-0.2, 0) is 18.9 Å². The molecule has 0 aliphatic heterocycles. The molecule has 4 heteroatoms. The highest BCUT2D eigenvalue weighted by molar-refractivity contribution is 5.04. The van der Waals surface area contributed by atoms with Crippen molar-refractivity contribution in [3.8, 4) is 0 Å². The van der Waals surface area contributed by atoms with Crippen molar-refractivity contribution >= 4 is 0 Å². The first-order valence-electron chi connectivity index (χ1n) is 9.44. The number of hydrogen-bond acceptors (Lipinski definition) is 4. The van der Waals surface area contributed by atoms with Gasteiger partial charge < -0.3 is 18.9 Å². The summed E-state index contributed by atoms with van der Waals surface area (Å²) >= 11 is 0. The highest BCUT2D eigenvalue weighted by Crippen LogP contribution is 2.62. The summed E-state index contributed by atoms with van der Waals surface area (Å²) in [4.78, 5) is 0. The molecule has 0 aromatic rings. The lowest BCUT2D eigenvalue weighted by Crippen LogP contribution is -2.27. The third kappa shape index (κ3) is 4.15. The van der Waals surface area contributed by atoms with E-state index in [4.69, 9.17) is 18.9 Å². The van der Waals surface area contributed by atoms with E-state index >= 15 is 0 Å². The Morgan fingerprint density at radius 1 is 0.708 bits per heavy atom. The first kappa shape index (κ1) is 17.8. The van der Waals surface area contributed by atoms with E-state index in [1.54, 1.807) is 0 Å². The number of ether oxygens (including phenoxy) is 4. The minimum atomic E-state index is 0.614. The van der Waals surface area contributed by atoms with Crippen molar-refractivity contribution in [3.05, 3.63) is 25.7 Å². The van der Waals surface area contributed by atoms with Gasteiger partial charge in [-0.2, -0.15) is 0 Å². The van der Waals surface area contributed by atoms with Gasteiger partial charge in [0.25, 0.3) is 0 Å². The lowest BCUT2D eigenvalue weighted by molar-refractivity contribution is 0.0338. The van der Waals surface area contributed by atoms with Gasteiger partial charge in [0.05, 0.1) is 25.7 Å². The fourth-order valence-corrected chi connectivity index (χ4v) is 5.52. The summed E-state index contributed by atoms with van der Waals surface area (Å²) in [5.74, 6) is 5.20. The minimum Gasteiger partial charge on any atom is -0.499 e. The van der Waals surface area contributed by atoms with Crippen LogP contribution in [0.1, 0.15) is 25.7 Å². The smallest absolute Gasteiger partial charge is 0.111 e. The summed E-state index contributed by atoms with van der Waals surface area (Å²) in [6, 6.07) is 0. The summed E-state index contributed by atoms with van der Waals surface area (Å²) in [7, 11) is 0. The van der Waals surface area contributed by atoms with Gasteiger partial charge in [-0.05, 0) is 61.2 Å². The van der Waals surface area contributed by atoms with Crippen LogP contribution in [0.4, 0.5) is 0 Å². The standard InChI is InChI=1S/C20H32O4/c1-3-21-5-7-23-13-15-9-18-16-11-17(14-24-8-6-22-4-2)19(12-16)20(18)10-15/h3-4,15-20H,1-2,5-14H2/t15?,16-,17?,18?,19-,20?/m0/s1. The Morgan fingerprint density at radius 2 is 1.38 bits per heavy atom. The third-order valence-corrected chi connectivity index (χ3v) is 6.31. The molecular formula is C20H32O4. The molecule has 3 rings (SSSR count). The maximum absolute atomic E-state index is 5.83. The molecule has 3 aliphatic carbocycles. The Labute approximate surface area is 146 Å². The zero-order valence-electron chi connectivity index (χ0n) is 14.7. The van der Waals surface area contributed by atoms with Gasteiger partial charge in [-0.3, -0.25) is 0 Å². The lowest BCUT2D eigenvalue weighted by atomic mass is 9.76. The SMILES string of the molecule is C=COCCOCC1CC2C(C1)[C@H]1C[C@@H]2CC1COCCOC=C. The summed E-state index contributed by atoms with van der Waals surface area (Å²) in [6.07, 6.45) is 8.49. The highest BCUT2D eigenvalue weighted by atomic mass is 16.5. The van der Waals surface area contributed by atoms with Crippen LogP contribution < -0.4 is 0 Å². The third-order valence-electron chi connectivity index (χ3n) is 6.31. The van der Waals surface area contributed by atoms with Crippen LogP contribution >= 0.6 is 0 Å². The van der Waals surface area contributed by atoms with E-state index in [-0.39, 0.29) is 0 Å². The van der Waals surface area contributed by atoms with Gasteiger partial charge in [0.2, 0.25) is 0 Å². The first-order valence-corrected chi connectivity index (χ1v) is 9.44. The van der Waals surface area contributed by atoms with Crippen molar-refractivity contribution in [2.24, 2.45) is 35.5 Å². The molecule has 0 spiro atoms. The zero-order valence-corrected chi connectivity index (χ0v) is 14.7. The van der Waals surface area contributed by atoms with Gasteiger partial charge in [0.1, 0.15) is 13.2 Å². The van der Waals surface area contributed by atoms with Crippen LogP contribution in [0.25, 0.3) is 0 Å². The predicted octanol–water partition coefficient (Wildman–Crippen LogP) is 3.64. The Balaban J connectivity index is 1.36. The molecule has 0 aromatic heterocycles. The second-order valence-corrected chi connectivity index (χ2v) is 7.55. The quantitative estimate of drug-likeness (QED) is 0.403. The maximum atomic E-state index is 5.83. The molecule has 0 amide bonds. The second-order valence-electron chi connectivity index (χ2n) is 7.55. The molecule has 2 bridgehead atoms. The van der Waals surface area contributed by atoms with Gasteiger partial charge in [-0.25, -0.2) is 0 Å². The molecule has 0 aromatic carbocycles. The topological polar surface area (TPSA) is 36.9 Å². The van der Waals surface area contributed by atoms with E-state index in [9.17, 15) is 0 Å². The molecule has 0 heterocycles. The van der Waals surface area contributed by atoms with E-state index in [1.807, 2.05) is 0 Å². The molecule has 4 unspecified atom stereocenters. The Bertz CT molecular complexity index is 410. The molecule has 4 nitrogen and oxygen atoms in total. The minimum absolute atomic E-state index is 0.614. The zero-order chi connectivity index (χ0) is 16.8. The van der Waals surface area contributed by atoms with Gasteiger partial charge in [-0.15, -0.1) is 0 Å². The molecule has 24 heavy (non-hydrogen) atoms. The summed E-state index contributed by atoms with van der Waals surface area (Å²) in [6.45, 7) is 11.5. The molecule has 136 valence electrons. The Kier molecular flexibility index (Phi) is 6.61. The summed E-state index contributed by atoms with van der Waals surface area (Å²) in [5.41, 5.74) is 0. The van der Waals surface area contributed by atoms with E-state index in [1.165, 1.54) is 38.2 Å². The largest absolute Gasteiger partial charge is 0.499 e. The van der Waals surface area contributed by atoms with E-state index in [0.717, 1.165) is 48.7 Å². The van der Waals surface area contributed by atoms with Crippen LogP contribution in [0.3, 0.4) is 0 Å². The van der Waals surface area contributed by atoms with Crippen molar-refractivity contribution in [3.63, 3.8) is 0 Å². The molecule has 0 N–H and O–H groups in total. The summed E-state index contributed by atoms with van der Waals surface area (Å²) in [5, 5.41) is 0. The first-order chi connectivity index (χ1) is 11.8. The van der Waals surface area contributed by atoms with Crippen molar-refractivity contribution in [1.29, 1.82) is 0 Å². The Morgan fingerprint density at radius 3 is 2.08 bits per heavy atom. The van der Waals surface area contributed by atoms with Crippen molar-refractivity contribution in [2.45, 2.75) is 25.7 Å². The average Bonchev–Trinajstić information content (AvgIpc) is 3.25. The van der Waals surface area contributed by atoms with Crippen LogP contribution in [0, 0.1) is 35.5 Å². The van der Waals surface area contributed by atoms with Crippen LogP contribution in [-0.4, -0.2) is 39.6 Å². The molecule has 3 saturated carbocycles. The van der Waals surface area contributed by atoms with E-state index in [2.05, 4.69) is 13.2 Å². The van der Waals surface area contributed by atoms with Gasteiger partial charge >= 0.3 is 0 Å². The second kappa shape index (κ2) is 8.91. The fourth-order valence-electron chi connectivity index (χ4n) is 5.52. The molecule has 6 atom stereocenters. The fraction of sp³-hybridized carbons (Fsp3) is 0.800. The van der Waals surface area contributed by atoms with Crippen LogP contribution in [0.15, 0.2) is 25.7 Å². The average molecular weight is 336 g/mol. The van der Waals surface area contributed by atoms with Crippen molar-refractivity contribution < 1.29 is 18.9 Å². The van der Waals surface area contributed by atoms with Gasteiger partial charge in [-0.1, -0.05) is 13.2 Å². The monoisotopic (exact) mass is 336 g/mol. The molecular weight excluding hydrogens is 304 g/mol. The van der Waals surface area contributed by atoms with Crippen LogP contribution in [0.2, 0.25) is 0 Å². The number of hydrogen-bond donors (Lipinski definition) is 0. The highest BCUT2D eigenvalue weighted by Gasteiger charge is 2.55. The number of fused-ring (bicyclic) bond motifs is 5. The van der Waals surface area contributed by atoms with Crippen molar-refractivity contribution in [2.75, 3.05) is 39.6 Å². The number of rotatable bonds is 12. The maximum Gasteiger partial charge on any atom is 0.111 e. The van der Waals surface area contributed by atoms with Crippen LogP contribution in [0.5, 0.6) is 0 Å². The summed E-state index contributed by atoms with van der Waals surface area (Å²) < 4.78 is 21.8. The van der Waals surface area contributed by atoms with Gasteiger partial charge in [0, 0.05) is 13.2 Å². The Hall–Kier alpha value is -1.00. The molecule has 0 radical (unpaired) electrons. The normalized spacial score (nSPS) is 36.5. The van der Waals surface area contributed by atoms with Crippen molar-refractivity contribution in [1.82, 2.24) is 0 Å². The van der Waals surface area contributed by atoms with Gasteiger partial charge in [0.15, 0.2) is 0 Å². The lowest BCUT2D eigenvalue weighted by Gasteiger charge is -2.31. The molecule has 0 saturated heterocycles. The molecule has 3 fully saturated rings. The van der Waals surface area contributed by atoms with E-state index < -0.39 is 0 Å².